The average molecular weight is 399 g/mol. The summed E-state index contributed by atoms with van der Waals surface area (Å²) in [7, 11) is 1.28. The fraction of sp³-hybridized carbons (Fsp3) is 0.0556. The highest BCUT2D eigenvalue weighted by Crippen LogP contribution is 2.16. The Morgan fingerprint density at radius 2 is 2.12 bits per heavy atom. The molecule has 1 aromatic heterocycles. The maximum atomic E-state index is 11.9. The van der Waals surface area contributed by atoms with E-state index in [0.717, 1.165) is 10.2 Å². The van der Waals surface area contributed by atoms with Crippen LogP contribution >= 0.6 is 15.9 Å². The van der Waals surface area contributed by atoms with Crippen LogP contribution < -0.4 is 10.6 Å². The molecule has 25 heavy (non-hydrogen) atoms. The quantitative estimate of drug-likeness (QED) is 0.440. The molecule has 2 rings (SSSR count). The Morgan fingerprint density at radius 1 is 1.28 bits per heavy atom. The molecule has 0 amide bonds. The van der Waals surface area contributed by atoms with Gasteiger partial charge < -0.3 is 15.4 Å². The number of ether oxygens (including phenoxy) is 1. The smallest absolute Gasteiger partial charge is 0.355 e. The molecule has 2 aromatic rings. The zero-order chi connectivity index (χ0) is 18.1. The highest BCUT2D eigenvalue weighted by Gasteiger charge is 2.09. The van der Waals surface area contributed by atoms with Crippen LogP contribution in [-0.2, 0) is 9.53 Å². The van der Waals surface area contributed by atoms with Crippen molar-refractivity contribution >= 4 is 33.2 Å². The van der Waals surface area contributed by atoms with E-state index in [1.807, 2.05) is 30.3 Å². The molecule has 0 radical (unpaired) electrons. The SMILES string of the molecule is COC(=O)/C(=C/Nc1cccc(Br)c1)N/C=C(/C#N)c1ccccn1. The minimum atomic E-state index is -0.572. The lowest BCUT2D eigenvalue weighted by molar-refractivity contribution is -0.136. The van der Waals surface area contributed by atoms with E-state index in [1.54, 1.807) is 24.4 Å². The van der Waals surface area contributed by atoms with Crippen LogP contribution in [0.4, 0.5) is 5.69 Å². The Balaban J connectivity index is 2.20. The molecule has 0 bridgehead atoms. The number of pyridine rings is 1. The first kappa shape index (κ1) is 18.2. The largest absolute Gasteiger partial charge is 0.464 e. The van der Waals surface area contributed by atoms with Crippen LogP contribution in [0.5, 0.6) is 0 Å². The van der Waals surface area contributed by atoms with Crippen LogP contribution in [0.25, 0.3) is 5.57 Å². The third-order valence-electron chi connectivity index (χ3n) is 3.05. The normalized spacial score (nSPS) is 11.4. The Kier molecular flexibility index (Phi) is 6.75. The summed E-state index contributed by atoms with van der Waals surface area (Å²) in [5, 5.41) is 15.1. The van der Waals surface area contributed by atoms with Gasteiger partial charge in [0.2, 0.25) is 0 Å². The van der Waals surface area contributed by atoms with Gasteiger partial charge in [-0.05, 0) is 30.3 Å². The summed E-state index contributed by atoms with van der Waals surface area (Å²) in [5.74, 6) is -0.572. The van der Waals surface area contributed by atoms with E-state index in [2.05, 4.69) is 31.5 Å². The number of rotatable bonds is 6. The summed E-state index contributed by atoms with van der Waals surface area (Å²) in [5.41, 5.74) is 1.72. The van der Waals surface area contributed by atoms with Crippen molar-refractivity contribution < 1.29 is 9.53 Å². The van der Waals surface area contributed by atoms with Gasteiger partial charge in [0, 0.05) is 28.8 Å². The van der Waals surface area contributed by atoms with Gasteiger partial charge in [-0.15, -0.1) is 0 Å². The minimum Gasteiger partial charge on any atom is -0.464 e. The minimum absolute atomic E-state index is 0.145. The first-order chi connectivity index (χ1) is 12.1. The molecule has 0 spiro atoms. The van der Waals surface area contributed by atoms with Crippen LogP contribution in [0.3, 0.4) is 0 Å². The Hall–Kier alpha value is -3.11. The van der Waals surface area contributed by atoms with Crippen molar-refractivity contribution in [1.29, 1.82) is 5.26 Å². The van der Waals surface area contributed by atoms with Crippen molar-refractivity contribution in [3.8, 4) is 6.07 Å². The number of methoxy groups -OCH3 is 1. The number of allylic oxidation sites excluding steroid dienone is 1. The molecule has 0 atom stereocenters. The van der Waals surface area contributed by atoms with Gasteiger partial charge in [0.15, 0.2) is 0 Å². The second-order valence-corrected chi connectivity index (χ2v) is 5.65. The number of aromatic nitrogens is 1. The van der Waals surface area contributed by atoms with E-state index in [0.29, 0.717) is 5.69 Å². The van der Waals surface area contributed by atoms with Gasteiger partial charge in [-0.3, -0.25) is 4.98 Å². The van der Waals surface area contributed by atoms with Crippen molar-refractivity contribution in [3.05, 3.63) is 76.9 Å². The van der Waals surface area contributed by atoms with Crippen molar-refractivity contribution in [1.82, 2.24) is 10.3 Å². The number of carbonyl (C=O) groups is 1. The van der Waals surface area contributed by atoms with Gasteiger partial charge in [-0.2, -0.15) is 5.26 Å². The van der Waals surface area contributed by atoms with Gasteiger partial charge in [0.1, 0.15) is 11.8 Å². The predicted molar refractivity (Wildman–Crippen MR) is 98.8 cm³/mol. The molecular formula is C18H15BrN4O2. The van der Waals surface area contributed by atoms with Crippen molar-refractivity contribution in [3.63, 3.8) is 0 Å². The molecule has 1 aromatic carbocycles. The maximum Gasteiger partial charge on any atom is 0.355 e. The molecule has 0 aliphatic heterocycles. The topological polar surface area (TPSA) is 87.0 Å². The fourth-order valence-electron chi connectivity index (χ4n) is 1.84. The van der Waals surface area contributed by atoms with E-state index in [1.165, 1.54) is 19.5 Å². The zero-order valence-electron chi connectivity index (χ0n) is 13.4. The molecule has 1 heterocycles. The third-order valence-corrected chi connectivity index (χ3v) is 3.54. The number of anilines is 1. The molecule has 0 aliphatic carbocycles. The van der Waals surface area contributed by atoms with Crippen LogP contribution in [0, 0.1) is 11.3 Å². The van der Waals surface area contributed by atoms with E-state index in [9.17, 15) is 10.1 Å². The Labute approximate surface area is 154 Å². The number of hydrogen-bond acceptors (Lipinski definition) is 6. The third kappa shape index (κ3) is 5.48. The van der Waals surface area contributed by atoms with Crippen molar-refractivity contribution in [2.75, 3.05) is 12.4 Å². The highest BCUT2D eigenvalue weighted by atomic mass is 79.9. The van der Waals surface area contributed by atoms with E-state index in [-0.39, 0.29) is 11.3 Å². The summed E-state index contributed by atoms with van der Waals surface area (Å²) in [6.07, 6.45) is 4.47. The Morgan fingerprint density at radius 3 is 2.76 bits per heavy atom. The number of nitrogens with one attached hydrogen (secondary N) is 2. The second kappa shape index (κ2) is 9.25. The van der Waals surface area contributed by atoms with Crippen LogP contribution in [-0.4, -0.2) is 18.1 Å². The predicted octanol–water partition coefficient (Wildman–Crippen LogP) is 3.42. The fourth-order valence-corrected chi connectivity index (χ4v) is 2.24. The molecule has 7 heteroatoms. The van der Waals surface area contributed by atoms with E-state index >= 15 is 0 Å². The number of nitriles is 1. The second-order valence-electron chi connectivity index (χ2n) is 4.73. The standard InChI is InChI=1S/C18H15BrN4O2/c1-25-18(24)17(12-22-15-6-4-5-14(19)9-15)23-11-13(10-20)16-7-2-3-8-21-16/h2-9,11-12,22-23H,1H3/b13-11-,17-12-. The zero-order valence-corrected chi connectivity index (χ0v) is 14.9. The lowest BCUT2D eigenvalue weighted by atomic mass is 10.2. The van der Waals surface area contributed by atoms with Gasteiger partial charge >= 0.3 is 5.97 Å². The summed E-state index contributed by atoms with van der Waals surface area (Å²) in [6, 6.07) is 14.7. The number of esters is 1. The molecule has 0 unspecified atom stereocenters. The molecular weight excluding hydrogens is 384 g/mol. The number of hydrogen-bond donors (Lipinski definition) is 2. The molecule has 0 saturated heterocycles. The summed E-state index contributed by atoms with van der Waals surface area (Å²) >= 11 is 3.38. The van der Waals surface area contributed by atoms with Crippen molar-refractivity contribution in [2.45, 2.75) is 0 Å². The molecule has 0 fully saturated rings. The highest BCUT2D eigenvalue weighted by molar-refractivity contribution is 9.10. The summed E-state index contributed by atoms with van der Waals surface area (Å²) in [6.45, 7) is 0. The van der Waals surface area contributed by atoms with Crippen molar-refractivity contribution in [2.24, 2.45) is 0 Å². The van der Waals surface area contributed by atoms with Gasteiger partial charge in [0.25, 0.3) is 0 Å². The summed E-state index contributed by atoms with van der Waals surface area (Å²) in [4.78, 5) is 16.0. The number of halogens is 1. The molecule has 2 N–H and O–H groups in total. The average Bonchev–Trinajstić information content (AvgIpc) is 2.65. The first-order valence-corrected chi connectivity index (χ1v) is 8.02. The number of benzene rings is 1. The van der Waals surface area contributed by atoms with Gasteiger partial charge in [0.05, 0.1) is 18.4 Å². The number of nitrogens with zero attached hydrogens (tertiary/aromatic N) is 2. The Bertz CT molecular complexity index is 842. The molecule has 126 valence electrons. The van der Waals surface area contributed by atoms with E-state index < -0.39 is 5.97 Å². The first-order valence-electron chi connectivity index (χ1n) is 7.23. The molecule has 0 saturated carbocycles. The lowest BCUT2D eigenvalue weighted by Crippen LogP contribution is -2.18. The lowest BCUT2D eigenvalue weighted by Gasteiger charge is -2.08. The monoisotopic (exact) mass is 398 g/mol. The molecule has 0 aliphatic rings. The summed E-state index contributed by atoms with van der Waals surface area (Å²) < 4.78 is 5.65. The van der Waals surface area contributed by atoms with Gasteiger partial charge in [-0.1, -0.05) is 28.1 Å². The van der Waals surface area contributed by atoms with Gasteiger partial charge in [-0.25, -0.2) is 4.79 Å². The van der Waals surface area contributed by atoms with Crippen LogP contribution in [0.2, 0.25) is 0 Å². The molecule has 6 nitrogen and oxygen atoms in total. The van der Waals surface area contributed by atoms with Crippen LogP contribution in [0.15, 0.2) is 71.2 Å². The van der Waals surface area contributed by atoms with E-state index in [4.69, 9.17) is 4.74 Å². The number of carbonyl (C=O) groups excluding carboxylic acids is 1. The van der Waals surface area contributed by atoms with Crippen LogP contribution in [0.1, 0.15) is 5.69 Å². The maximum absolute atomic E-state index is 11.9.